The number of hydrogen-bond donors (Lipinski definition) is 1. The van der Waals surface area contributed by atoms with Crippen molar-refractivity contribution in [3.05, 3.63) is 23.4 Å². The van der Waals surface area contributed by atoms with Crippen LogP contribution in [0, 0.1) is 0 Å². The summed E-state index contributed by atoms with van der Waals surface area (Å²) in [6.45, 7) is 7.96. The molecule has 37 heavy (non-hydrogen) atoms. The van der Waals surface area contributed by atoms with Gasteiger partial charge in [0.15, 0.2) is 5.70 Å². The minimum absolute atomic E-state index is 0.224. The molecule has 0 radical (unpaired) electrons. The van der Waals surface area contributed by atoms with Crippen LogP contribution in [0.15, 0.2) is 23.4 Å². The first kappa shape index (κ1) is 34.3. The standard InChI is InChI=1S/C31H58NO4P/c1-4-6-7-8-9-10-11-12-13-14-15-16-17-18-19-20-21-22-23-24-28-35-37(33,34)36-29-26-31-25-27-32(5-2)30(31)3/h12-13,27H,4-11,14-26,28-29H2,1-3H3/p+1. The largest absolute Gasteiger partial charge is 0.472 e. The van der Waals surface area contributed by atoms with Crippen LogP contribution >= 0.6 is 7.82 Å². The Labute approximate surface area is 229 Å². The molecular weight excluding hydrogens is 481 g/mol. The van der Waals surface area contributed by atoms with Crippen molar-refractivity contribution in [2.45, 2.75) is 149 Å². The molecule has 1 N–H and O–H groups in total. The number of phosphoric ester groups is 1. The lowest BCUT2D eigenvalue weighted by Crippen LogP contribution is -2.05. The van der Waals surface area contributed by atoms with E-state index in [4.69, 9.17) is 9.05 Å². The van der Waals surface area contributed by atoms with Crippen molar-refractivity contribution in [3.8, 4) is 0 Å². The van der Waals surface area contributed by atoms with Gasteiger partial charge in [-0.05, 0) is 45.4 Å². The van der Waals surface area contributed by atoms with Crippen molar-refractivity contribution in [1.29, 1.82) is 0 Å². The van der Waals surface area contributed by atoms with Crippen LogP contribution in [0.1, 0.15) is 149 Å². The quantitative estimate of drug-likeness (QED) is 0.0513. The summed E-state index contributed by atoms with van der Waals surface area (Å²) in [5, 5.41) is 0. The van der Waals surface area contributed by atoms with E-state index in [1.54, 1.807) is 0 Å². The summed E-state index contributed by atoms with van der Waals surface area (Å²) in [6.07, 6.45) is 31.6. The first-order chi connectivity index (χ1) is 18.0. The summed E-state index contributed by atoms with van der Waals surface area (Å²) in [6, 6.07) is 0. The van der Waals surface area contributed by atoms with Gasteiger partial charge in [0.2, 0.25) is 0 Å². The number of hydrogen-bond acceptors (Lipinski definition) is 3. The molecule has 5 nitrogen and oxygen atoms in total. The number of nitrogens with zero attached hydrogens (tertiary/aromatic N) is 1. The highest BCUT2D eigenvalue weighted by molar-refractivity contribution is 7.47. The minimum atomic E-state index is -3.94. The summed E-state index contributed by atoms with van der Waals surface area (Å²) in [5.41, 5.74) is 2.51. The Morgan fingerprint density at radius 2 is 1.27 bits per heavy atom. The molecule has 0 aromatic carbocycles. The molecular formula is C31H59NO4P+. The van der Waals surface area contributed by atoms with E-state index in [0.717, 1.165) is 25.8 Å². The van der Waals surface area contributed by atoms with Crippen molar-refractivity contribution < 1.29 is 23.1 Å². The molecule has 0 spiro atoms. The van der Waals surface area contributed by atoms with Crippen LogP contribution in [0.2, 0.25) is 0 Å². The Morgan fingerprint density at radius 3 is 1.78 bits per heavy atom. The van der Waals surface area contributed by atoms with Gasteiger partial charge in [-0.25, -0.2) is 9.14 Å². The van der Waals surface area contributed by atoms with Gasteiger partial charge in [-0.3, -0.25) is 9.05 Å². The second-order valence-electron chi connectivity index (χ2n) is 10.6. The van der Waals surface area contributed by atoms with Gasteiger partial charge in [0.05, 0.1) is 19.6 Å². The molecule has 1 rings (SSSR count). The lowest BCUT2D eigenvalue weighted by molar-refractivity contribution is -0.465. The third-order valence-corrected chi connectivity index (χ3v) is 8.43. The van der Waals surface area contributed by atoms with Gasteiger partial charge in [-0.1, -0.05) is 103 Å². The second-order valence-corrected chi connectivity index (χ2v) is 12.1. The second kappa shape index (κ2) is 23.2. The fourth-order valence-electron chi connectivity index (χ4n) is 4.92. The van der Waals surface area contributed by atoms with Crippen molar-refractivity contribution in [3.63, 3.8) is 0 Å². The Balaban J connectivity index is 1.83. The number of phosphoric acid groups is 1. The molecule has 0 saturated heterocycles. The molecule has 0 fully saturated rings. The van der Waals surface area contributed by atoms with Crippen LogP contribution in [0.3, 0.4) is 0 Å². The monoisotopic (exact) mass is 540 g/mol. The molecule has 1 aliphatic rings. The third-order valence-electron chi connectivity index (χ3n) is 7.41. The topological polar surface area (TPSA) is 58.8 Å². The average Bonchev–Trinajstić information content (AvgIpc) is 3.24. The van der Waals surface area contributed by atoms with Crippen LogP contribution in [0.5, 0.6) is 0 Å². The maximum absolute atomic E-state index is 12.1. The summed E-state index contributed by atoms with van der Waals surface area (Å²) in [5.74, 6) is 0. The minimum Gasteiger partial charge on any atom is -0.302 e. The summed E-state index contributed by atoms with van der Waals surface area (Å²) in [4.78, 5) is 9.88. The van der Waals surface area contributed by atoms with Crippen LogP contribution in [-0.4, -0.2) is 35.4 Å². The molecule has 216 valence electrons. The zero-order valence-corrected chi connectivity index (χ0v) is 25.5. The maximum Gasteiger partial charge on any atom is 0.472 e. The number of rotatable bonds is 26. The first-order valence-electron chi connectivity index (χ1n) is 15.6. The van der Waals surface area contributed by atoms with Crippen molar-refractivity contribution in [2.75, 3.05) is 19.8 Å². The Bertz CT molecular complexity index is 701. The van der Waals surface area contributed by atoms with Crippen LogP contribution < -0.4 is 0 Å². The fourth-order valence-corrected chi connectivity index (χ4v) is 5.67. The van der Waals surface area contributed by atoms with E-state index in [0.29, 0.717) is 13.0 Å². The predicted octanol–water partition coefficient (Wildman–Crippen LogP) is 9.89. The summed E-state index contributed by atoms with van der Waals surface area (Å²) in [7, 11) is -3.94. The SMILES string of the molecule is CCCCCCCCC=CCCCCCCCCCCCCOP(=O)(O)OCCC1=C(C)[N+](CC)=CC1. The molecule has 6 heteroatoms. The molecule has 0 amide bonds. The van der Waals surface area contributed by atoms with E-state index in [1.165, 1.54) is 114 Å². The molecule has 1 unspecified atom stereocenters. The van der Waals surface area contributed by atoms with Crippen LogP contribution in [-0.2, 0) is 13.6 Å². The lowest BCUT2D eigenvalue weighted by Gasteiger charge is -2.12. The van der Waals surface area contributed by atoms with Gasteiger partial charge >= 0.3 is 7.82 Å². The Kier molecular flexibility index (Phi) is 21.5. The molecule has 1 atom stereocenters. The Morgan fingerprint density at radius 1 is 0.784 bits per heavy atom. The van der Waals surface area contributed by atoms with Crippen molar-refractivity contribution in [1.82, 2.24) is 0 Å². The molecule has 0 bridgehead atoms. The lowest BCUT2D eigenvalue weighted by atomic mass is 10.1. The molecule has 0 saturated carbocycles. The van der Waals surface area contributed by atoms with E-state index in [-0.39, 0.29) is 6.61 Å². The van der Waals surface area contributed by atoms with Crippen molar-refractivity contribution >= 4 is 14.0 Å². The van der Waals surface area contributed by atoms with Gasteiger partial charge < -0.3 is 4.89 Å². The molecule has 0 aromatic rings. The zero-order valence-electron chi connectivity index (χ0n) is 24.6. The summed E-state index contributed by atoms with van der Waals surface area (Å²) < 4.78 is 24.6. The average molecular weight is 541 g/mol. The fraction of sp³-hybridized carbons (Fsp3) is 0.839. The van der Waals surface area contributed by atoms with Gasteiger partial charge in [0.1, 0.15) is 12.8 Å². The van der Waals surface area contributed by atoms with E-state index in [1.807, 2.05) is 0 Å². The van der Waals surface area contributed by atoms with E-state index >= 15 is 0 Å². The first-order valence-corrected chi connectivity index (χ1v) is 17.0. The highest BCUT2D eigenvalue weighted by Gasteiger charge is 2.23. The molecule has 1 heterocycles. The van der Waals surface area contributed by atoms with E-state index in [9.17, 15) is 9.46 Å². The predicted molar refractivity (Wildman–Crippen MR) is 158 cm³/mol. The smallest absolute Gasteiger partial charge is 0.302 e. The van der Waals surface area contributed by atoms with Gasteiger partial charge in [-0.2, -0.15) is 0 Å². The molecule has 0 aliphatic carbocycles. The highest BCUT2D eigenvalue weighted by Crippen LogP contribution is 2.43. The van der Waals surface area contributed by atoms with Gasteiger partial charge in [0, 0.05) is 12.5 Å². The van der Waals surface area contributed by atoms with Crippen LogP contribution in [0.25, 0.3) is 0 Å². The van der Waals surface area contributed by atoms with Crippen molar-refractivity contribution in [2.24, 2.45) is 0 Å². The zero-order chi connectivity index (χ0) is 27.0. The summed E-state index contributed by atoms with van der Waals surface area (Å²) >= 11 is 0. The van der Waals surface area contributed by atoms with Gasteiger partial charge in [0.25, 0.3) is 0 Å². The van der Waals surface area contributed by atoms with Crippen LogP contribution in [0.4, 0.5) is 0 Å². The third kappa shape index (κ3) is 19.0. The number of unbranched alkanes of at least 4 members (excludes halogenated alkanes) is 16. The highest BCUT2D eigenvalue weighted by atomic mass is 31.2. The maximum atomic E-state index is 12.1. The Hall–Kier alpha value is -0.740. The van der Waals surface area contributed by atoms with E-state index < -0.39 is 7.82 Å². The number of allylic oxidation sites excluding steroid dienone is 3. The molecule has 1 aliphatic heterocycles. The van der Waals surface area contributed by atoms with E-state index in [2.05, 4.69) is 43.7 Å². The molecule has 0 aromatic heterocycles. The normalized spacial score (nSPS) is 15.6. The van der Waals surface area contributed by atoms with Gasteiger partial charge in [-0.15, -0.1) is 0 Å².